The summed E-state index contributed by atoms with van der Waals surface area (Å²) < 4.78 is 11.4. The van der Waals surface area contributed by atoms with Gasteiger partial charge in [-0.15, -0.1) is 0 Å². The van der Waals surface area contributed by atoms with Crippen molar-refractivity contribution in [1.29, 1.82) is 0 Å². The van der Waals surface area contributed by atoms with Crippen molar-refractivity contribution >= 4 is 29.7 Å². The van der Waals surface area contributed by atoms with Crippen molar-refractivity contribution in [2.24, 2.45) is 17.6 Å². The monoisotopic (exact) mass is 672 g/mol. The molecule has 0 rings (SSSR count). The van der Waals surface area contributed by atoms with Gasteiger partial charge in [0, 0.05) is 11.5 Å². The molecule has 0 heterocycles. The first-order valence-electron chi connectivity index (χ1n) is 19.2. The van der Waals surface area contributed by atoms with Gasteiger partial charge >= 0.3 is 17.9 Å². The van der Waals surface area contributed by atoms with E-state index in [4.69, 9.17) is 20.3 Å². The predicted molar refractivity (Wildman–Crippen MR) is 194 cm³/mol. The number of thioether (sulfide) groups is 1. The fraction of sp³-hybridized carbons (Fsp3) is 0.921. The number of esters is 2. The summed E-state index contributed by atoms with van der Waals surface area (Å²) in [6.07, 6.45) is 28.8. The van der Waals surface area contributed by atoms with E-state index in [1.54, 1.807) is 0 Å². The third-order valence-electron chi connectivity index (χ3n) is 8.90. The molecule has 46 heavy (non-hydrogen) atoms. The zero-order valence-electron chi connectivity index (χ0n) is 30.4. The van der Waals surface area contributed by atoms with E-state index in [0.717, 1.165) is 38.5 Å². The average Bonchev–Trinajstić information content (AvgIpc) is 3.04. The van der Waals surface area contributed by atoms with Crippen LogP contribution in [0.4, 0.5) is 0 Å². The maximum atomic E-state index is 12.9. The topological polar surface area (TPSA) is 116 Å². The fourth-order valence-electron chi connectivity index (χ4n) is 5.58. The van der Waals surface area contributed by atoms with Gasteiger partial charge < -0.3 is 20.3 Å². The molecule has 0 saturated carbocycles. The Morgan fingerprint density at radius 2 is 0.957 bits per heavy atom. The standard InChI is InChI=1S/C38H73NO6S/c1-5-7-9-11-13-15-17-19-21-23-25-27-32(3)37(42)44-29-34(30-46-31-35(39)36(40)41)45-38(43)33(4)28-26-24-22-20-18-16-14-12-10-8-6-2/h32-35H,5-31,39H2,1-4H3,(H,40,41). The number of carbonyl (C=O) groups excluding carboxylic acids is 2. The lowest BCUT2D eigenvalue weighted by atomic mass is 10.0. The van der Waals surface area contributed by atoms with E-state index >= 15 is 0 Å². The van der Waals surface area contributed by atoms with Crippen molar-refractivity contribution in [3.8, 4) is 0 Å². The summed E-state index contributed by atoms with van der Waals surface area (Å²) >= 11 is 1.30. The molecule has 0 radical (unpaired) electrons. The number of rotatable bonds is 34. The van der Waals surface area contributed by atoms with Crippen LogP contribution in [0.1, 0.15) is 182 Å². The van der Waals surface area contributed by atoms with E-state index in [2.05, 4.69) is 13.8 Å². The van der Waals surface area contributed by atoms with Crippen LogP contribution in [0.25, 0.3) is 0 Å². The van der Waals surface area contributed by atoms with E-state index in [1.165, 1.54) is 127 Å². The Labute approximate surface area is 287 Å². The molecular weight excluding hydrogens is 598 g/mol. The lowest BCUT2D eigenvalue weighted by Crippen LogP contribution is -2.34. The number of unbranched alkanes of at least 4 members (excludes halogenated alkanes) is 20. The Bertz CT molecular complexity index is 736. The molecule has 0 aliphatic rings. The van der Waals surface area contributed by atoms with Crippen LogP contribution in [0.15, 0.2) is 0 Å². The van der Waals surface area contributed by atoms with E-state index in [0.29, 0.717) is 5.75 Å². The second-order valence-electron chi connectivity index (χ2n) is 13.6. The zero-order valence-corrected chi connectivity index (χ0v) is 31.2. The van der Waals surface area contributed by atoms with Gasteiger partial charge in [-0.1, -0.05) is 169 Å². The van der Waals surface area contributed by atoms with Crippen molar-refractivity contribution in [3.63, 3.8) is 0 Å². The van der Waals surface area contributed by atoms with Gasteiger partial charge in [0.05, 0.1) is 11.8 Å². The largest absolute Gasteiger partial charge is 0.480 e. The highest BCUT2D eigenvalue weighted by Gasteiger charge is 2.24. The van der Waals surface area contributed by atoms with Crippen LogP contribution in [0.5, 0.6) is 0 Å². The van der Waals surface area contributed by atoms with Gasteiger partial charge in [0.25, 0.3) is 0 Å². The molecule has 0 bridgehead atoms. The van der Waals surface area contributed by atoms with Gasteiger partial charge in [0.1, 0.15) is 18.8 Å². The highest BCUT2D eigenvalue weighted by atomic mass is 32.2. The SMILES string of the molecule is CCCCCCCCCCCCCC(C)C(=O)OCC(CSCC(N)C(=O)O)OC(=O)C(C)CCCCCCCCCCCCC. The third-order valence-corrected chi connectivity index (χ3v) is 10.1. The van der Waals surface area contributed by atoms with Crippen LogP contribution in [0.3, 0.4) is 0 Å². The number of hydrogen-bond donors (Lipinski definition) is 2. The van der Waals surface area contributed by atoms with Crippen LogP contribution in [0.2, 0.25) is 0 Å². The summed E-state index contributed by atoms with van der Waals surface area (Å²) in [5, 5.41) is 9.09. The second kappa shape index (κ2) is 32.3. The van der Waals surface area contributed by atoms with E-state index in [9.17, 15) is 14.4 Å². The highest BCUT2D eigenvalue weighted by molar-refractivity contribution is 7.99. The van der Waals surface area contributed by atoms with Crippen molar-refractivity contribution in [2.75, 3.05) is 18.1 Å². The van der Waals surface area contributed by atoms with Gasteiger partial charge in [-0.05, 0) is 12.8 Å². The molecule has 4 unspecified atom stereocenters. The Morgan fingerprint density at radius 1 is 0.587 bits per heavy atom. The quantitative estimate of drug-likeness (QED) is 0.0513. The van der Waals surface area contributed by atoms with Crippen LogP contribution in [0, 0.1) is 11.8 Å². The summed E-state index contributed by atoms with van der Waals surface area (Å²) in [5.74, 6) is -1.53. The first-order valence-corrected chi connectivity index (χ1v) is 20.3. The van der Waals surface area contributed by atoms with Crippen molar-refractivity contribution in [1.82, 2.24) is 0 Å². The molecule has 0 aliphatic heterocycles. The smallest absolute Gasteiger partial charge is 0.321 e. The summed E-state index contributed by atoms with van der Waals surface area (Å²) in [5.41, 5.74) is 5.65. The molecule has 0 aliphatic carbocycles. The van der Waals surface area contributed by atoms with Gasteiger partial charge in [-0.2, -0.15) is 11.8 Å². The summed E-state index contributed by atoms with van der Waals surface area (Å²) in [6.45, 7) is 8.27. The average molecular weight is 672 g/mol. The molecule has 0 amide bonds. The predicted octanol–water partition coefficient (Wildman–Crippen LogP) is 10.3. The van der Waals surface area contributed by atoms with Crippen molar-refractivity contribution in [2.45, 2.75) is 194 Å². The Morgan fingerprint density at radius 3 is 1.35 bits per heavy atom. The lowest BCUT2D eigenvalue weighted by Gasteiger charge is -2.21. The van der Waals surface area contributed by atoms with E-state index < -0.39 is 18.1 Å². The molecule has 0 aromatic carbocycles. The Balaban J connectivity index is 4.37. The molecule has 0 aromatic rings. The maximum Gasteiger partial charge on any atom is 0.321 e. The molecule has 3 N–H and O–H groups in total. The molecule has 0 saturated heterocycles. The summed E-state index contributed by atoms with van der Waals surface area (Å²) in [7, 11) is 0. The molecule has 0 fully saturated rings. The number of ether oxygens (including phenoxy) is 2. The number of aliphatic carboxylic acids is 1. The van der Waals surface area contributed by atoms with Crippen LogP contribution >= 0.6 is 11.8 Å². The minimum absolute atomic E-state index is 0.0202. The lowest BCUT2D eigenvalue weighted by molar-refractivity contribution is -0.162. The van der Waals surface area contributed by atoms with Crippen molar-refractivity contribution in [3.05, 3.63) is 0 Å². The highest BCUT2D eigenvalue weighted by Crippen LogP contribution is 2.19. The fourth-order valence-corrected chi connectivity index (χ4v) is 6.54. The van der Waals surface area contributed by atoms with Gasteiger partial charge in [-0.3, -0.25) is 14.4 Å². The van der Waals surface area contributed by atoms with Gasteiger partial charge in [0.15, 0.2) is 0 Å². The molecular formula is C38H73NO6S. The number of carboxylic acid groups (broad SMARTS) is 1. The number of carboxylic acids is 1. The van der Waals surface area contributed by atoms with Crippen LogP contribution < -0.4 is 5.73 Å². The molecule has 0 spiro atoms. The zero-order chi connectivity index (χ0) is 34.3. The first-order chi connectivity index (χ1) is 22.2. The Kier molecular flexibility index (Phi) is 31.4. The summed E-state index contributed by atoms with van der Waals surface area (Å²) in [4.78, 5) is 36.7. The number of hydrogen-bond acceptors (Lipinski definition) is 7. The molecule has 8 heteroatoms. The van der Waals surface area contributed by atoms with Gasteiger partial charge in [-0.25, -0.2) is 0 Å². The first kappa shape index (κ1) is 44.7. The molecule has 0 aromatic heterocycles. The third kappa shape index (κ3) is 27.8. The minimum Gasteiger partial charge on any atom is -0.480 e. The minimum atomic E-state index is -1.07. The number of carbonyl (C=O) groups is 3. The van der Waals surface area contributed by atoms with E-state index in [1.807, 2.05) is 13.8 Å². The normalized spacial score (nSPS) is 14.0. The second-order valence-corrected chi connectivity index (χ2v) is 14.7. The maximum absolute atomic E-state index is 12.9. The van der Waals surface area contributed by atoms with Gasteiger partial charge in [0.2, 0.25) is 0 Å². The Hall–Kier alpha value is -1.28. The molecule has 4 atom stereocenters. The number of nitrogens with two attached hydrogens (primary N) is 1. The molecule has 272 valence electrons. The van der Waals surface area contributed by atoms with Crippen LogP contribution in [-0.4, -0.2) is 53.3 Å². The summed E-state index contributed by atoms with van der Waals surface area (Å²) in [6, 6.07) is -0.991. The van der Waals surface area contributed by atoms with Crippen LogP contribution in [-0.2, 0) is 23.9 Å². The van der Waals surface area contributed by atoms with E-state index in [-0.39, 0.29) is 36.1 Å². The molecule has 7 nitrogen and oxygen atoms in total. The van der Waals surface area contributed by atoms with Crippen molar-refractivity contribution < 1.29 is 29.0 Å².